The summed E-state index contributed by atoms with van der Waals surface area (Å²) >= 11 is 0. The van der Waals surface area contributed by atoms with Crippen molar-refractivity contribution in [3.05, 3.63) is 66.8 Å². The summed E-state index contributed by atoms with van der Waals surface area (Å²) in [5, 5.41) is 9.12. The Bertz CT molecular complexity index is 1100. The molecular weight excluding hydrogens is 645 g/mol. The number of hydrogen-bond acceptors (Lipinski definition) is 5. The first-order valence-electron chi connectivity index (χ1n) is 18.8. The third kappa shape index (κ3) is 13.3. The zero-order valence-electron chi connectivity index (χ0n) is 33.3. The standard InChI is InChI=1S/C41H72O6Si2/c1-15-16-21-39(45-29-36-23-25-37(44-14)26-24-36)40(47-49(33(8)9,34(10)11)35(12)13)28-27-38(20-18-17-19-22-41(42)43)46-48(30(2)3,31(4)5)32(6)7/h15,19,22-28,30-35,38-40H,1,16-18,20-21,29H2,2-14H3,(H,42,43)/b22-19+,28-27+/t38-,39-,40-/m0/s1. The van der Waals surface area contributed by atoms with Gasteiger partial charge in [0.05, 0.1) is 32.0 Å². The van der Waals surface area contributed by atoms with Crippen molar-refractivity contribution in [1.82, 2.24) is 0 Å². The van der Waals surface area contributed by atoms with Gasteiger partial charge in [0, 0.05) is 6.08 Å². The van der Waals surface area contributed by atoms with E-state index in [2.05, 4.69) is 114 Å². The fraction of sp³-hybridized carbons (Fsp3) is 0.683. The van der Waals surface area contributed by atoms with E-state index in [0.717, 1.165) is 37.0 Å². The summed E-state index contributed by atoms with van der Waals surface area (Å²) in [6.07, 6.45) is 12.9. The molecule has 0 fully saturated rings. The SMILES string of the molecule is C=CCC[C@H](OCc1ccc(OC)cc1)[C@H](/C=C/[C@H](CCC/C=C/C(=O)O)O[Si](C(C)C)(C(C)C)C(C)C)O[Si](C(C)C)(C(C)C)C(C)C. The van der Waals surface area contributed by atoms with Gasteiger partial charge in [-0.1, -0.05) is 120 Å². The minimum atomic E-state index is -2.30. The summed E-state index contributed by atoms with van der Waals surface area (Å²) in [6.45, 7) is 32.4. The highest BCUT2D eigenvalue weighted by atomic mass is 28.4. The van der Waals surface area contributed by atoms with Gasteiger partial charge in [-0.15, -0.1) is 6.58 Å². The molecule has 0 amide bonds. The number of carbonyl (C=O) groups is 1. The van der Waals surface area contributed by atoms with E-state index >= 15 is 0 Å². The van der Waals surface area contributed by atoms with Gasteiger partial charge in [0.25, 0.3) is 0 Å². The average Bonchev–Trinajstić information content (AvgIpc) is 3.02. The van der Waals surface area contributed by atoms with Crippen LogP contribution in [0.3, 0.4) is 0 Å². The van der Waals surface area contributed by atoms with Crippen LogP contribution < -0.4 is 4.74 Å². The third-order valence-corrected chi connectivity index (χ3v) is 22.6. The van der Waals surface area contributed by atoms with Crippen LogP contribution in [0.5, 0.6) is 5.75 Å². The van der Waals surface area contributed by atoms with Crippen molar-refractivity contribution in [3.63, 3.8) is 0 Å². The molecule has 0 unspecified atom stereocenters. The highest BCUT2D eigenvalue weighted by molar-refractivity contribution is 6.78. The molecule has 0 aliphatic rings. The molecule has 1 aromatic rings. The van der Waals surface area contributed by atoms with E-state index < -0.39 is 22.6 Å². The van der Waals surface area contributed by atoms with E-state index in [1.807, 2.05) is 18.2 Å². The van der Waals surface area contributed by atoms with Crippen LogP contribution in [-0.2, 0) is 25.0 Å². The smallest absolute Gasteiger partial charge is 0.327 e. The maximum absolute atomic E-state index is 11.1. The highest BCUT2D eigenvalue weighted by Crippen LogP contribution is 2.45. The molecule has 0 saturated carbocycles. The minimum absolute atomic E-state index is 0.113. The lowest BCUT2D eigenvalue weighted by atomic mass is 10.1. The Morgan fingerprint density at radius 3 is 1.71 bits per heavy atom. The van der Waals surface area contributed by atoms with Gasteiger partial charge in [-0.2, -0.15) is 0 Å². The van der Waals surface area contributed by atoms with E-state index in [4.69, 9.17) is 23.4 Å². The van der Waals surface area contributed by atoms with Crippen LogP contribution in [0.25, 0.3) is 0 Å². The topological polar surface area (TPSA) is 74.2 Å². The quantitative estimate of drug-likeness (QED) is 0.0470. The van der Waals surface area contributed by atoms with Crippen LogP contribution in [0, 0.1) is 0 Å². The number of benzene rings is 1. The lowest BCUT2D eigenvalue weighted by Crippen LogP contribution is -2.52. The Kier molecular flexibility index (Phi) is 20.3. The zero-order chi connectivity index (χ0) is 37.4. The largest absolute Gasteiger partial charge is 0.497 e. The lowest BCUT2D eigenvalue weighted by molar-refractivity contribution is -0.131. The van der Waals surface area contributed by atoms with Gasteiger partial charge >= 0.3 is 5.97 Å². The van der Waals surface area contributed by atoms with Crippen molar-refractivity contribution < 1.29 is 28.2 Å². The number of ether oxygens (including phenoxy) is 2. The van der Waals surface area contributed by atoms with Crippen molar-refractivity contribution in [1.29, 1.82) is 0 Å². The van der Waals surface area contributed by atoms with Crippen molar-refractivity contribution >= 4 is 22.6 Å². The van der Waals surface area contributed by atoms with E-state index in [9.17, 15) is 4.79 Å². The fourth-order valence-electron chi connectivity index (χ4n) is 8.15. The first kappa shape index (κ1) is 45.0. The maximum atomic E-state index is 11.1. The number of rotatable bonds is 25. The zero-order valence-corrected chi connectivity index (χ0v) is 35.3. The van der Waals surface area contributed by atoms with Gasteiger partial charge in [0.1, 0.15) is 5.75 Å². The summed E-state index contributed by atoms with van der Waals surface area (Å²) in [4.78, 5) is 11.1. The number of carboxylic acids is 1. The number of methoxy groups -OCH3 is 1. The molecule has 0 saturated heterocycles. The molecule has 0 bridgehead atoms. The van der Waals surface area contributed by atoms with Crippen LogP contribution in [-0.4, -0.2) is 53.1 Å². The van der Waals surface area contributed by atoms with Crippen LogP contribution in [0.2, 0.25) is 33.2 Å². The molecule has 0 aliphatic heterocycles. The Morgan fingerprint density at radius 1 is 0.755 bits per heavy atom. The Balaban J connectivity index is 3.75. The second-order valence-corrected chi connectivity index (χ2v) is 26.3. The predicted octanol–water partition coefficient (Wildman–Crippen LogP) is 12.0. The molecule has 8 heteroatoms. The van der Waals surface area contributed by atoms with E-state index in [1.165, 1.54) is 6.08 Å². The molecule has 0 heterocycles. The molecule has 3 atom stereocenters. The Hall–Kier alpha value is -1.98. The van der Waals surface area contributed by atoms with Gasteiger partial charge < -0.3 is 23.4 Å². The number of allylic oxidation sites excluding steroid dienone is 2. The summed E-state index contributed by atoms with van der Waals surface area (Å²) in [5.74, 6) is -0.0853. The average molecular weight is 717 g/mol. The molecular formula is C41H72O6Si2. The summed E-state index contributed by atoms with van der Waals surface area (Å²) in [6, 6.07) is 8.06. The van der Waals surface area contributed by atoms with Crippen molar-refractivity contribution in [3.8, 4) is 5.75 Å². The second-order valence-electron chi connectivity index (χ2n) is 15.5. The highest BCUT2D eigenvalue weighted by Gasteiger charge is 2.48. The fourth-order valence-corrected chi connectivity index (χ4v) is 19.2. The van der Waals surface area contributed by atoms with E-state index in [-0.39, 0.29) is 18.3 Å². The van der Waals surface area contributed by atoms with Gasteiger partial charge in [-0.3, -0.25) is 0 Å². The molecule has 6 nitrogen and oxygen atoms in total. The Labute approximate surface area is 303 Å². The molecule has 1 N–H and O–H groups in total. The molecule has 0 aromatic heterocycles. The maximum Gasteiger partial charge on any atom is 0.327 e. The normalized spacial score (nSPS) is 15.1. The van der Waals surface area contributed by atoms with Crippen LogP contribution >= 0.6 is 0 Å². The minimum Gasteiger partial charge on any atom is -0.497 e. The molecule has 49 heavy (non-hydrogen) atoms. The van der Waals surface area contributed by atoms with Gasteiger partial charge in [-0.25, -0.2) is 4.79 Å². The summed E-state index contributed by atoms with van der Waals surface area (Å²) in [7, 11) is -2.84. The molecule has 0 spiro atoms. The molecule has 1 rings (SSSR count). The number of unbranched alkanes of at least 4 members (excludes halogenated alkanes) is 1. The van der Waals surface area contributed by atoms with Crippen molar-refractivity contribution in [2.45, 2.75) is 173 Å². The van der Waals surface area contributed by atoms with Crippen LogP contribution in [0.15, 0.2) is 61.2 Å². The third-order valence-electron chi connectivity index (χ3n) is 10.4. The second kappa shape index (κ2) is 22.1. The van der Waals surface area contributed by atoms with Crippen molar-refractivity contribution in [2.75, 3.05) is 7.11 Å². The molecule has 1 aromatic carbocycles. The number of hydrogen-bond donors (Lipinski definition) is 1. The number of aliphatic carboxylic acids is 1. The summed E-state index contributed by atoms with van der Waals surface area (Å²) in [5.41, 5.74) is 3.67. The predicted molar refractivity (Wildman–Crippen MR) is 213 cm³/mol. The van der Waals surface area contributed by atoms with Gasteiger partial charge in [0.2, 0.25) is 16.6 Å². The van der Waals surface area contributed by atoms with E-state index in [0.29, 0.717) is 46.3 Å². The van der Waals surface area contributed by atoms with Crippen LogP contribution in [0.1, 0.15) is 121 Å². The van der Waals surface area contributed by atoms with Gasteiger partial charge in [0.15, 0.2) is 0 Å². The van der Waals surface area contributed by atoms with E-state index in [1.54, 1.807) is 13.2 Å². The number of carboxylic acid groups (broad SMARTS) is 1. The van der Waals surface area contributed by atoms with Gasteiger partial charge in [-0.05, 0) is 83.0 Å². The van der Waals surface area contributed by atoms with Crippen LogP contribution in [0.4, 0.5) is 0 Å². The Morgan fingerprint density at radius 2 is 1.27 bits per heavy atom. The molecule has 0 radical (unpaired) electrons. The monoisotopic (exact) mass is 716 g/mol. The molecule has 280 valence electrons. The molecule has 0 aliphatic carbocycles. The first-order chi connectivity index (χ1) is 23.0. The summed E-state index contributed by atoms with van der Waals surface area (Å²) < 4.78 is 27.1. The lowest BCUT2D eigenvalue weighted by Gasteiger charge is -2.46. The van der Waals surface area contributed by atoms with Crippen molar-refractivity contribution in [2.24, 2.45) is 0 Å². The first-order valence-corrected chi connectivity index (χ1v) is 23.1.